The zero-order valence-corrected chi connectivity index (χ0v) is 15.4. The zero-order chi connectivity index (χ0) is 19.3. The third kappa shape index (κ3) is 4.24. The van der Waals surface area contributed by atoms with Crippen LogP contribution in [0, 0.1) is 0 Å². The van der Waals surface area contributed by atoms with E-state index in [4.69, 9.17) is 0 Å². The number of aromatic nitrogens is 2. The molecule has 0 bridgehead atoms. The van der Waals surface area contributed by atoms with Gasteiger partial charge in [0.05, 0.1) is 5.41 Å². The van der Waals surface area contributed by atoms with Crippen molar-refractivity contribution in [3.05, 3.63) is 48.3 Å². The van der Waals surface area contributed by atoms with E-state index in [9.17, 15) is 14.4 Å². The molecule has 1 aromatic carbocycles. The summed E-state index contributed by atoms with van der Waals surface area (Å²) in [6.07, 6.45) is 6.17. The normalized spacial score (nSPS) is 19.6. The maximum absolute atomic E-state index is 12.4. The highest BCUT2D eigenvalue weighted by atomic mass is 16.2. The van der Waals surface area contributed by atoms with Crippen LogP contribution in [0.5, 0.6) is 0 Å². The molecule has 1 aliphatic heterocycles. The maximum Gasteiger partial charge on any atom is 0.237 e. The minimum absolute atomic E-state index is 0.0545. The number of nitrogens with one attached hydrogen (secondary N) is 2. The summed E-state index contributed by atoms with van der Waals surface area (Å²) in [5, 5.41) is 9.43. The van der Waals surface area contributed by atoms with Crippen LogP contribution in [0.25, 0.3) is 0 Å². The van der Waals surface area contributed by atoms with Crippen molar-refractivity contribution >= 4 is 23.4 Å². The van der Waals surface area contributed by atoms with Crippen LogP contribution in [-0.2, 0) is 26.3 Å². The van der Waals surface area contributed by atoms with Crippen molar-refractivity contribution in [2.45, 2.75) is 51.0 Å². The number of rotatable bonds is 7. The fraction of sp³-hybridized carbons (Fsp3) is 0.400. The summed E-state index contributed by atoms with van der Waals surface area (Å²) >= 11 is 0. The Morgan fingerprint density at radius 1 is 1.30 bits per heavy atom. The van der Waals surface area contributed by atoms with E-state index in [1.807, 2.05) is 43.5 Å². The monoisotopic (exact) mass is 368 g/mol. The summed E-state index contributed by atoms with van der Waals surface area (Å²) in [7, 11) is 0. The van der Waals surface area contributed by atoms with Gasteiger partial charge in [-0.1, -0.05) is 19.1 Å². The number of benzene rings is 1. The van der Waals surface area contributed by atoms with Gasteiger partial charge in [-0.15, -0.1) is 0 Å². The van der Waals surface area contributed by atoms with E-state index in [0.29, 0.717) is 44.3 Å². The highest BCUT2D eigenvalue weighted by molar-refractivity contribution is 6.03. The van der Waals surface area contributed by atoms with Gasteiger partial charge in [0.15, 0.2) is 0 Å². The lowest BCUT2D eigenvalue weighted by molar-refractivity contribution is -0.138. The van der Waals surface area contributed by atoms with Crippen LogP contribution < -0.4 is 10.6 Å². The second kappa shape index (κ2) is 8.16. The molecule has 0 radical (unpaired) electrons. The Bertz CT molecular complexity index is 814. The Hall–Kier alpha value is -2.96. The number of amides is 3. The first-order chi connectivity index (χ1) is 13.0. The Labute approximate surface area is 158 Å². The standard InChI is InChI=1S/C20H24N4O3/c1-2-20(11-10-18(26)23-19(20)27)15-6-8-16(9-7-15)22-17(25)5-3-13-24-14-4-12-21-24/h4,6-9,12,14H,2-3,5,10-11,13H2,1H3,(H,22,25)(H,23,26,27). The molecule has 3 amide bonds. The van der Waals surface area contributed by atoms with Crippen LogP contribution in [0.4, 0.5) is 5.69 Å². The van der Waals surface area contributed by atoms with E-state index in [-0.39, 0.29) is 17.7 Å². The molecule has 1 atom stereocenters. The minimum Gasteiger partial charge on any atom is -0.326 e. The lowest BCUT2D eigenvalue weighted by Crippen LogP contribution is -2.51. The summed E-state index contributed by atoms with van der Waals surface area (Å²) in [4.78, 5) is 36.0. The molecule has 1 fully saturated rings. The van der Waals surface area contributed by atoms with Gasteiger partial charge in [-0.2, -0.15) is 5.10 Å². The third-order valence-electron chi connectivity index (χ3n) is 5.14. The van der Waals surface area contributed by atoms with Gasteiger partial charge in [0.25, 0.3) is 0 Å². The van der Waals surface area contributed by atoms with Crippen molar-refractivity contribution in [1.82, 2.24) is 15.1 Å². The molecule has 2 heterocycles. The fourth-order valence-electron chi connectivity index (χ4n) is 3.50. The molecule has 3 rings (SSSR count). The van der Waals surface area contributed by atoms with Crippen LogP contribution in [-0.4, -0.2) is 27.5 Å². The van der Waals surface area contributed by atoms with Crippen LogP contribution in [0.15, 0.2) is 42.7 Å². The summed E-state index contributed by atoms with van der Waals surface area (Å²) < 4.78 is 1.80. The first-order valence-electron chi connectivity index (χ1n) is 9.25. The number of hydrogen-bond acceptors (Lipinski definition) is 4. The lowest BCUT2D eigenvalue weighted by atomic mass is 9.72. The Kier molecular flexibility index (Phi) is 5.69. The number of nitrogens with zero attached hydrogens (tertiary/aromatic N) is 2. The van der Waals surface area contributed by atoms with Gasteiger partial charge in [0, 0.05) is 37.5 Å². The van der Waals surface area contributed by atoms with Crippen LogP contribution in [0.3, 0.4) is 0 Å². The second-order valence-electron chi connectivity index (χ2n) is 6.81. The molecule has 7 heteroatoms. The highest BCUT2D eigenvalue weighted by Gasteiger charge is 2.42. The molecule has 0 spiro atoms. The lowest BCUT2D eigenvalue weighted by Gasteiger charge is -2.35. The van der Waals surface area contributed by atoms with Crippen LogP contribution in [0.2, 0.25) is 0 Å². The molecule has 2 N–H and O–H groups in total. The largest absolute Gasteiger partial charge is 0.326 e. The van der Waals surface area contributed by atoms with Gasteiger partial charge < -0.3 is 5.32 Å². The first kappa shape index (κ1) is 18.8. The molecule has 0 saturated carbocycles. The predicted octanol–water partition coefficient (Wildman–Crippen LogP) is 2.39. The molecule has 142 valence electrons. The zero-order valence-electron chi connectivity index (χ0n) is 15.4. The maximum atomic E-state index is 12.4. The Balaban J connectivity index is 1.58. The highest BCUT2D eigenvalue weighted by Crippen LogP contribution is 2.36. The topological polar surface area (TPSA) is 93.1 Å². The van der Waals surface area contributed by atoms with Crippen molar-refractivity contribution in [3.8, 4) is 0 Å². The van der Waals surface area contributed by atoms with E-state index >= 15 is 0 Å². The smallest absolute Gasteiger partial charge is 0.237 e. The van der Waals surface area contributed by atoms with Gasteiger partial charge >= 0.3 is 0 Å². The number of anilines is 1. The first-order valence-corrected chi connectivity index (χ1v) is 9.25. The number of aryl methyl sites for hydroxylation is 1. The van der Waals surface area contributed by atoms with Crippen molar-refractivity contribution in [1.29, 1.82) is 0 Å². The van der Waals surface area contributed by atoms with Crippen LogP contribution >= 0.6 is 0 Å². The van der Waals surface area contributed by atoms with Gasteiger partial charge in [-0.3, -0.25) is 24.4 Å². The molecule has 1 unspecified atom stereocenters. The van der Waals surface area contributed by atoms with Gasteiger partial charge in [-0.05, 0) is 43.0 Å². The molecule has 1 saturated heterocycles. The van der Waals surface area contributed by atoms with Gasteiger partial charge in [0.2, 0.25) is 17.7 Å². The van der Waals surface area contributed by atoms with E-state index in [1.165, 1.54) is 0 Å². The van der Waals surface area contributed by atoms with E-state index in [2.05, 4.69) is 15.7 Å². The van der Waals surface area contributed by atoms with Crippen molar-refractivity contribution in [2.75, 3.05) is 5.32 Å². The van der Waals surface area contributed by atoms with Crippen molar-refractivity contribution in [3.63, 3.8) is 0 Å². The fourth-order valence-corrected chi connectivity index (χ4v) is 3.50. The molecular formula is C20H24N4O3. The Morgan fingerprint density at radius 2 is 2.07 bits per heavy atom. The number of carbonyl (C=O) groups excluding carboxylic acids is 3. The van der Waals surface area contributed by atoms with Crippen molar-refractivity contribution in [2.24, 2.45) is 0 Å². The number of piperidine rings is 1. The minimum atomic E-state index is -0.680. The molecule has 27 heavy (non-hydrogen) atoms. The average Bonchev–Trinajstić information content (AvgIpc) is 3.17. The molecular weight excluding hydrogens is 344 g/mol. The van der Waals surface area contributed by atoms with Crippen LogP contribution in [0.1, 0.15) is 44.6 Å². The van der Waals surface area contributed by atoms with E-state index in [1.54, 1.807) is 10.9 Å². The molecule has 1 aromatic heterocycles. The summed E-state index contributed by atoms with van der Waals surface area (Å²) in [5.74, 6) is -0.513. The number of imide groups is 1. The third-order valence-corrected chi connectivity index (χ3v) is 5.14. The van der Waals surface area contributed by atoms with Gasteiger partial charge in [0.1, 0.15) is 0 Å². The van der Waals surface area contributed by atoms with E-state index < -0.39 is 5.41 Å². The SMILES string of the molecule is CCC1(c2ccc(NC(=O)CCCn3cccn3)cc2)CCC(=O)NC1=O. The molecule has 2 aromatic rings. The number of hydrogen-bond donors (Lipinski definition) is 2. The molecule has 0 aliphatic carbocycles. The average molecular weight is 368 g/mol. The second-order valence-corrected chi connectivity index (χ2v) is 6.81. The quantitative estimate of drug-likeness (QED) is 0.734. The van der Waals surface area contributed by atoms with Gasteiger partial charge in [-0.25, -0.2) is 0 Å². The van der Waals surface area contributed by atoms with E-state index in [0.717, 1.165) is 5.56 Å². The molecule has 1 aliphatic rings. The summed E-state index contributed by atoms with van der Waals surface area (Å²) in [5.41, 5.74) is 0.883. The summed E-state index contributed by atoms with van der Waals surface area (Å²) in [6.45, 7) is 2.65. The Morgan fingerprint density at radius 3 is 2.70 bits per heavy atom. The van der Waals surface area contributed by atoms with Crippen molar-refractivity contribution < 1.29 is 14.4 Å². The predicted molar refractivity (Wildman–Crippen MR) is 101 cm³/mol. The number of carbonyl (C=O) groups is 3. The molecule has 7 nitrogen and oxygen atoms in total. The summed E-state index contributed by atoms with van der Waals surface area (Å²) in [6, 6.07) is 9.19.